The zero-order valence-corrected chi connectivity index (χ0v) is 18.0. The number of thioether (sulfide) groups is 1. The molecule has 1 N–H and O–H groups in total. The second kappa shape index (κ2) is 12.2. The normalized spacial score (nSPS) is 21.6. The molecule has 0 radical (unpaired) electrons. The Kier molecular flexibility index (Phi) is 11.1. The zero-order valence-electron chi connectivity index (χ0n) is 14.8. The molecule has 140 valence electrons. The van der Waals surface area contributed by atoms with Gasteiger partial charge < -0.3 is 19.9 Å². The predicted octanol–water partition coefficient (Wildman–Crippen LogP) is 1.65. The molecular weight excluding hydrogens is 439 g/mol. The molecule has 0 aromatic rings. The van der Waals surface area contributed by atoms with Crippen LogP contribution in [0.25, 0.3) is 0 Å². The van der Waals surface area contributed by atoms with E-state index >= 15 is 0 Å². The number of carbonyl (C=O) groups excluding carboxylic acids is 1. The van der Waals surface area contributed by atoms with Crippen LogP contribution in [0.1, 0.15) is 25.7 Å². The summed E-state index contributed by atoms with van der Waals surface area (Å²) in [5.74, 6) is 2.34. The minimum absolute atomic E-state index is 0. The van der Waals surface area contributed by atoms with Crippen molar-refractivity contribution in [3.63, 3.8) is 0 Å². The highest BCUT2D eigenvalue weighted by Crippen LogP contribution is 2.16. The summed E-state index contributed by atoms with van der Waals surface area (Å²) >= 11 is 1.89. The van der Waals surface area contributed by atoms with E-state index < -0.39 is 0 Å². The lowest BCUT2D eigenvalue weighted by Gasteiger charge is -2.37. The Bertz CT molecular complexity index is 398. The second-order valence-corrected chi connectivity index (χ2v) is 6.97. The third-order valence-electron chi connectivity index (χ3n) is 4.37. The first-order valence-corrected chi connectivity index (χ1v) is 10.0. The molecule has 0 spiro atoms. The van der Waals surface area contributed by atoms with Gasteiger partial charge >= 0.3 is 0 Å². The Morgan fingerprint density at radius 1 is 1.25 bits per heavy atom. The summed E-state index contributed by atoms with van der Waals surface area (Å²) in [6, 6.07) is 0. The number of ether oxygens (including phenoxy) is 1. The monoisotopic (exact) mass is 470 g/mol. The van der Waals surface area contributed by atoms with Crippen molar-refractivity contribution in [2.75, 3.05) is 58.4 Å². The van der Waals surface area contributed by atoms with Crippen molar-refractivity contribution in [3.8, 4) is 0 Å². The molecular formula is C16H31IN4O2S. The number of halogens is 1. The molecule has 6 nitrogen and oxygen atoms in total. The van der Waals surface area contributed by atoms with Gasteiger partial charge in [-0.1, -0.05) is 0 Å². The minimum Gasteiger partial charge on any atom is -0.368 e. The van der Waals surface area contributed by atoms with E-state index in [1.165, 1.54) is 12.2 Å². The maximum Gasteiger partial charge on any atom is 0.251 e. The van der Waals surface area contributed by atoms with Crippen LogP contribution in [0, 0.1) is 0 Å². The maximum absolute atomic E-state index is 12.4. The van der Waals surface area contributed by atoms with Gasteiger partial charge in [0.1, 0.15) is 6.10 Å². The van der Waals surface area contributed by atoms with Crippen molar-refractivity contribution in [2.45, 2.75) is 31.8 Å². The van der Waals surface area contributed by atoms with E-state index in [1.54, 1.807) is 0 Å². The number of hydrogen-bond acceptors (Lipinski definition) is 4. The molecule has 1 amide bonds. The number of aliphatic imine (C=N–C) groups is 1. The van der Waals surface area contributed by atoms with Gasteiger partial charge in [0.25, 0.3) is 5.91 Å². The van der Waals surface area contributed by atoms with E-state index in [-0.39, 0.29) is 36.0 Å². The Morgan fingerprint density at radius 3 is 2.54 bits per heavy atom. The summed E-state index contributed by atoms with van der Waals surface area (Å²) in [5.41, 5.74) is 0. The predicted molar refractivity (Wildman–Crippen MR) is 112 cm³/mol. The van der Waals surface area contributed by atoms with E-state index in [0.717, 1.165) is 64.6 Å². The molecule has 2 aliphatic rings. The van der Waals surface area contributed by atoms with Gasteiger partial charge in [0, 0.05) is 46.4 Å². The summed E-state index contributed by atoms with van der Waals surface area (Å²) < 4.78 is 5.51. The summed E-state index contributed by atoms with van der Waals surface area (Å²) in [6.07, 6.45) is 6.22. The van der Waals surface area contributed by atoms with Gasteiger partial charge in [0.05, 0.1) is 0 Å². The Morgan fingerprint density at radius 2 is 1.96 bits per heavy atom. The average molecular weight is 470 g/mol. The third kappa shape index (κ3) is 6.59. The summed E-state index contributed by atoms with van der Waals surface area (Å²) in [4.78, 5) is 20.9. The Balaban J connectivity index is 0.00000288. The van der Waals surface area contributed by atoms with Crippen molar-refractivity contribution in [1.82, 2.24) is 15.1 Å². The molecule has 0 aromatic heterocycles. The number of nitrogens with zero attached hydrogens (tertiary/aromatic N) is 3. The fourth-order valence-electron chi connectivity index (χ4n) is 3.02. The molecule has 2 rings (SSSR count). The van der Waals surface area contributed by atoms with Crippen LogP contribution in [-0.4, -0.2) is 86.2 Å². The van der Waals surface area contributed by atoms with Crippen molar-refractivity contribution >= 4 is 47.6 Å². The number of hydrogen-bond donors (Lipinski definition) is 1. The number of guanidine groups is 1. The van der Waals surface area contributed by atoms with Crippen LogP contribution >= 0.6 is 35.7 Å². The van der Waals surface area contributed by atoms with Crippen molar-refractivity contribution in [3.05, 3.63) is 0 Å². The van der Waals surface area contributed by atoms with Crippen LogP contribution in [-0.2, 0) is 9.53 Å². The Hall–Kier alpha value is -0.220. The number of carbonyl (C=O) groups is 1. The lowest BCUT2D eigenvalue weighted by atomic mass is 10.2. The highest BCUT2D eigenvalue weighted by molar-refractivity contribution is 14.0. The number of rotatable bonds is 6. The molecule has 8 heteroatoms. The molecule has 0 saturated carbocycles. The van der Waals surface area contributed by atoms with Crippen molar-refractivity contribution in [2.24, 2.45) is 4.99 Å². The lowest BCUT2D eigenvalue weighted by Crippen LogP contribution is -2.55. The summed E-state index contributed by atoms with van der Waals surface area (Å²) in [6.45, 7) is 4.87. The molecule has 2 aliphatic heterocycles. The smallest absolute Gasteiger partial charge is 0.251 e. The van der Waals surface area contributed by atoms with Crippen LogP contribution in [0.2, 0.25) is 0 Å². The van der Waals surface area contributed by atoms with E-state index in [1.807, 2.05) is 23.7 Å². The average Bonchev–Trinajstić information content (AvgIpc) is 3.12. The first-order valence-electron chi connectivity index (χ1n) is 8.61. The molecule has 0 bridgehead atoms. The number of unbranched alkanes of at least 4 members (excludes halogenated alkanes) is 1. The first kappa shape index (κ1) is 21.8. The molecule has 0 aromatic carbocycles. The SMILES string of the molecule is CN=C(NCCCCSC)N1CCN(C(=O)C2CCCO2)CC1.I. The van der Waals surface area contributed by atoms with Crippen molar-refractivity contribution < 1.29 is 9.53 Å². The molecule has 0 aliphatic carbocycles. The zero-order chi connectivity index (χ0) is 16.5. The van der Waals surface area contributed by atoms with Gasteiger partial charge in [-0.15, -0.1) is 24.0 Å². The van der Waals surface area contributed by atoms with Gasteiger partial charge in [-0.05, 0) is 37.7 Å². The number of amides is 1. The molecule has 2 heterocycles. The van der Waals surface area contributed by atoms with Crippen LogP contribution < -0.4 is 5.32 Å². The van der Waals surface area contributed by atoms with Crippen LogP contribution in [0.4, 0.5) is 0 Å². The Labute approximate surface area is 167 Å². The largest absolute Gasteiger partial charge is 0.368 e. The van der Waals surface area contributed by atoms with Gasteiger partial charge in [0.15, 0.2) is 5.96 Å². The van der Waals surface area contributed by atoms with Gasteiger partial charge in [-0.3, -0.25) is 9.79 Å². The highest BCUT2D eigenvalue weighted by Gasteiger charge is 2.30. The number of nitrogens with one attached hydrogen (secondary N) is 1. The summed E-state index contributed by atoms with van der Waals surface area (Å²) in [5, 5.41) is 3.44. The molecule has 2 fully saturated rings. The fraction of sp³-hybridized carbons (Fsp3) is 0.875. The van der Waals surface area contributed by atoms with Gasteiger partial charge in [-0.25, -0.2) is 0 Å². The maximum atomic E-state index is 12.4. The summed E-state index contributed by atoms with van der Waals surface area (Å²) in [7, 11) is 1.83. The van der Waals surface area contributed by atoms with Crippen LogP contribution in [0.5, 0.6) is 0 Å². The first-order chi connectivity index (χ1) is 11.3. The fourth-order valence-corrected chi connectivity index (χ4v) is 3.51. The van der Waals surface area contributed by atoms with E-state index in [0.29, 0.717) is 0 Å². The van der Waals surface area contributed by atoms with E-state index in [2.05, 4.69) is 21.5 Å². The third-order valence-corrected chi connectivity index (χ3v) is 5.06. The van der Waals surface area contributed by atoms with E-state index in [4.69, 9.17) is 4.74 Å². The van der Waals surface area contributed by atoms with Crippen LogP contribution in [0.15, 0.2) is 4.99 Å². The topological polar surface area (TPSA) is 57.2 Å². The van der Waals surface area contributed by atoms with E-state index in [9.17, 15) is 4.79 Å². The molecule has 2 saturated heterocycles. The highest BCUT2D eigenvalue weighted by atomic mass is 127. The lowest BCUT2D eigenvalue weighted by molar-refractivity contribution is -0.142. The molecule has 1 unspecified atom stereocenters. The van der Waals surface area contributed by atoms with Gasteiger partial charge in [0.2, 0.25) is 0 Å². The second-order valence-electron chi connectivity index (χ2n) is 5.99. The minimum atomic E-state index is -0.199. The standard InChI is InChI=1S/C16H30N4O2S.HI/c1-17-16(18-7-3-4-13-23-2)20-10-8-19(9-11-20)15(21)14-6-5-12-22-14;/h14H,3-13H2,1-2H3,(H,17,18);1H. The molecule has 24 heavy (non-hydrogen) atoms. The molecule has 1 atom stereocenters. The quantitative estimate of drug-likeness (QED) is 0.277. The van der Waals surface area contributed by atoms with Crippen molar-refractivity contribution in [1.29, 1.82) is 0 Å². The van der Waals surface area contributed by atoms with Crippen LogP contribution in [0.3, 0.4) is 0 Å². The van der Waals surface area contributed by atoms with Gasteiger partial charge in [-0.2, -0.15) is 11.8 Å². The number of piperazine rings is 1.